The molecule has 2 aliphatic rings. The highest BCUT2D eigenvalue weighted by molar-refractivity contribution is 5.93. The maximum atomic E-state index is 12.5. The van der Waals surface area contributed by atoms with E-state index in [9.17, 15) is 4.79 Å². The second-order valence-electron chi connectivity index (χ2n) is 6.89. The highest BCUT2D eigenvalue weighted by Gasteiger charge is 2.28. The number of anilines is 1. The molecule has 2 aromatic carbocycles. The van der Waals surface area contributed by atoms with Crippen molar-refractivity contribution < 1.29 is 14.3 Å². The molecule has 0 saturated carbocycles. The van der Waals surface area contributed by atoms with Crippen LogP contribution < -0.4 is 14.8 Å². The molecule has 5 nitrogen and oxygen atoms in total. The summed E-state index contributed by atoms with van der Waals surface area (Å²) in [6, 6.07) is 14.2. The summed E-state index contributed by atoms with van der Waals surface area (Å²) in [5, 5.41) is 3.03. The average Bonchev–Trinajstić information content (AvgIpc) is 3.11. The summed E-state index contributed by atoms with van der Waals surface area (Å²) < 4.78 is 11.3. The first-order valence-corrected chi connectivity index (χ1v) is 9.20. The van der Waals surface area contributed by atoms with Gasteiger partial charge in [-0.1, -0.05) is 24.3 Å². The summed E-state index contributed by atoms with van der Waals surface area (Å²) in [4.78, 5) is 14.8. The van der Waals surface area contributed by atoms with Crippen LogP contribution in [0.5, 0.6) is 11.5 Å². The Labute approximate surface area is 153 Å². The Morgan fingerprint density at radius 3 is 2.81 bits per heavy atom. The SMILES string of the molecule is Cc1ccccc1NC(=O)CN1CCC[C@H]1c1ccc2c(c1)OCCO2. The minimum Gasteiger partial charge on any atom is -0.486 e. The summed E-state index contributed by atoms with van der Waals surface area (Å²) in [6.07, 6.45) is 2.15. The molecule has 0 bridgehead atoms. The summed E-state index contributed by atoms with van der Waals surface area (Å²) in [5.74, 6) is 1.65. The number of para-hydroxylation sites is 1. The van der Waals surface area contributed by atoms with Crippen molar-refractivity contribution in [1.82, 2.24) is 4.90 Å². The van der Waals surface area contributed by atoms with Gasteiger partial charge in [-0.2, -0.15) is 0 Å². The molecule has 26 heavy (non-hydrogen) atoms. The monoisotopic (exact) mass is 352 g/mol. The van der Waals surface area contributed by atoms with E-state index in [0.717, 1.165) is 42.1 Å². The highest BCUT2D eigenvalue weighted by Crippen LogP contribution is 2.37. The van der Waals surface area contributed by atoms with Gasteiger partial charge in [-0.3, -0.25) is 9.69 Å². The number of nitrogens with one attached hydrogen (secondary N) is 1. The zero-order chi connectivity index (χ0) is 17.9. The number of carbonyl (C=O) groups is 1. The lowest BCUT2D eigenvalue weighted by Crippen LogP contribution is -2.33. The van der Waals surface area contributed by atoms with Gasteiger partial charge in [-0.25, -0.2) is 0 Å². The van der Waals surface area contributed by atoms with E-state index in [1.165, 1.54) is 5.56 Å². The number of benzene rings is 2. The van der Waals surface area contributed by atoms with Crippen molar-refractivity contribution in [3.8, 4) is 11.5 Å². The fraction of sp³-hybridized carbons (Fsp3) is 0.381. The fourth-order valence-corrected chi connectivity index (χ4v) is 3.75. The fourth-order valence-electron chi connectivity index (χ4n) is 3.75. The zero-order valence-corrected chi connectivity index (χ0v) is 15.0. The maximum Gasteiger partial charge on any atom is 0.238 e. The Hall–Kier alpha value is -2.53. The van der Waals surface area contributed by atoms with E-state index >= 15 is 0 Å². The standard InChI is InChI=1S/C21H24N2O3/c1-15-5-2-3-6-17(15)22-21(24)14-23-10-4-7-18(23)16-8-9-19-20(13-16)26-12-11-25-19/h2-3,5-6,8-9,13,18H,4,7,10-12,14H2,1H3,(H,22,24)/t18-/m0/s1. The summed E-state index contributed by atoms with van der Waals surface area (Å²) in [5.41, 5.74) is 3.15. The van der Waals surface area contributed by atoms with Crippen molar-refractivity contribution >= 4 is 11.6 Å². The van der Waals surface area contributed by atoms with E-state index in [4.69, 9.17) is 9.47 Å². The topological polar surface area (TPSA) is 50.8 Å². The van der Waals surface area contributed by atoms with Crippen LogP contribution in [0, 0.1) is 6.92 Å². The Morgan fingerprint density at radius 2 is 1.96 bits per heavy atom. The molecular formula is C21H24N2O3. The van der Waals surface area contributed by atoms with Crippen LogP contribution in [-0.2, 0) is 4.79 Å². The molecule has 0 aliphatic carbocycles. The number of hydrogen-bond acceptors (Lipinski definition) is 4. The lowest BCUT2D eigenvalue weighted by Gasteiger charge is -2.26. The van der Waals surface area contributed by atoms with E-state index in [2.05, 4.69) is 22.3 Å². The summed E-state index contributed by atoms with van der Waals surface area (Å²) >= 11 is 0. The maximum absolute atomic E-state index is 12.5. The van der Waals surface area contributed by atoms with Crippen LogP contribution in [-0.4, -0.2) is 37.1 Å². The second-order valence-corrected chi connectivity index (χ2v) is 6.89. The third kappa shape index (κ3) is 3.53. The molecule has 0 aromatic heterocycles. The van der Waals surface area contributed by atoms with Crippen LogP contribution in [0.15, 0.2) is 42.5 Å². The first-order chi connectivity index (χ1) is 12.7. The van der Waals surface area contributed by atoms with Crippen LogP contribution in [0.1, 0.15) is 30.0 Å². The molecule has 0 radical (unpaired) electrons. The zero-order valence-electron chi connectivity index (χ0n) is 15.0. The number of likely N-dealkylation sites (tertiary alicyclic amines) is 1. The smallest absolute Gasteiger partial charge is 0.238 e. The molecule has 1 amide bonds. The third-order valence-electron chi connectivity index (χ3n) is 5.08. The van der Waals surface area contributed by atoms with Crippen molar-refractivity contribution in [2.45, 2.75) is 25.8 Å². The molecule has 4 rings (SSSR count). The van der Waals surface area contributed by atoms with Crippen LogP contribution in [0.4, 0.5) is 5.69 Å². The molecule has 1 fully saturated rings. The number of fused-ring (bicyclic) bond motifs is 1. The van der Waals surface area contributed by atoms with Crippen molar-refractivity contribution in [3.05, 3.63) is 53.6 Å². The molecule has 1 N–H and O–H groups in total. The van der Waals surface area contributed by atoms with E-state index in [1.807, 2.05) is 37.3 Å². The van der Waals surface area contributed by atoms with Crippen LogP contribution in [0.2, 0.25) is 0 Å². The second kappa shape index (κ2) is 7.38. The average molecular weight is 352 g/mol. The van der Waals surface area contributed by atoms with Gasteiger partial charge in [0.05, 0.1) is 6.54 Å². The first-order valence-electron chi connectivity index (χ1n) is 9.20. The van der Waals surface area contributed by atoms with Gasteiger partial charge in [-0.15, -0.1) is 0 Å². The van der Waals surface area contributed by atoms with Crippen molar-refractivity contribution in [2.75, 3.05) is 31.6 Å². The van der Waals surface area contributed by atoms with E-state index in [1.54, 1.807) is 0 Å². The molecule has 2 aliphatic heterocycles. The molecule has 136 valence electrons. The summed E-state index contributed by atoms with van der Waals surface area (Å²) in [7, 11) is 0. The largest absolute Gasteiger partial charge is 0.486 e. The molecular weight excluding hydrogens is 328 g/mol. The number of nitrogens with zero attached hydrogens (tertiary/aromatic N) is 1. The molecule has 1 atom stereocenters. The molecule has 1 saturated heterocycles. The van der Waals surface area contributed by atoms with Gasteiger partial charge in [0.1, 0.15) is 13.2 Å². The number of rotatable bonds is 4. The van der Waals surface area contributed by atoms with Crippen LogP contribution in [0.3, 0.4) is 0 Å². The Bertz CT molecular complexity index is 806. The lowest BCUT2D eigenvalue weighted by molar-refractivity contribution is -0.117. The Kier molecular flexibility index (Phi) is 4.80. The van der Waals surface area contributed by atoms with Gasteiger partial charge in [0.2, 0.25) is 5.91 Å². The predicted octanol–water partition coefficient (Wildman–Crippen LogP) is 3.54. The minimum absolute atomic E-state index is 0.0312. The van der Waals surface area contributed by atoms with E-state index in [0.29, 0.717) is 19.8 Å². The van der Waals surface area contributed by atoms with Gasteiger partial charge in [0.25, 0.3) is 0 Å². The van der Waals surface area contributed by atoms with E-state index < -0.39 is 0 Å². The van der Waals surface area contributed by atoms with Crippen molar-refractivity contribution in [2.24, 2.45) is 0 Å². The third-order valence-corrected chi connectivity index (χ3v) is 5.08. The lowest BCUT2D eigenvalue weighted by atomic mass is 10.0. The van der Waals surface area contributed by atoms with Crippen LogP contribution >= 0.6 is 0 Å². The number of ether oxygens (including phenoxy) is 2. The molecule has 2 aromatic rings. The van der Waals surface area contributed by atoms with Crippen molar-refractivity contribution in [1.29, 1.82) is 0 Å². The molecule has 2 heterocycles. The van der Waals surface area contributed by atoms with Gasteiger partial charge in [0, 0.05) is 11.7 Å². The highest BCUT2D eigenvalue weighted by atomic mass is 16.6. The predicted molar refractivity (Wildman–Crippen MR) is 101 cm³/mol. The minimum atomic E-state index is 0.0312. The van der Waals surface area contributed by atoms with Crippen LogP contribution in [0.25, 0.3) is 0 Å². The molecule has 0 unspecified atom stereocenters. The molecule has 5 heteroatoms. The Morgan fingerprint density at radius 1 is 1.15 bits per heavy atom. The van der Waals surface area contributed by atoms with Gasteiger partial charge in [0.15, 0.2) is 11.5 Å². The van der Waals surface area contributed by atoms with Gasteiger partial charge < -0.3 is 14.8 Å². The first kappa shape index (κ1) is 16.9. The number of carbonyl (C=O) groups excluding carboxylic acids is 1. The number of hydrogen-bond donors (Lipinski definition) is 1. The number of aryl methyl sites for hydroxylation is 1. The van der Waals surface area contributed by atoms with Crippen molar-refractivity contribution in [3.63, 3.8) is 0 Å². The Balaban J connectivity index is 1.45. The van der Waals surface area contributed by atoms with Gasteiger partial charge in [-0.05, 0) is 55.6 Å². The quantitative estimate of drug-likeness (QED) is 0.914. The summed E-state index contributed by atoms with van der Waals surface area (Å²) in [6.45, 7) is 4.52. The van der Waals surface area contributed by atoms with Gasteiger partial charge >= 0.3 is 0 Å². The normalized spacial score (nSPS) is 19.3. The van der Waals surface area contributed by atoms with E-state index in [-0.39, 0.29) is 11.9 Å². The molecule has 0 spiro atoms. The number of amides is 1.